The molecule has 0 saturated carbocycles. The fourth-order valence-electron chi connectivity index (χ4n) is 2.72. The number of aliphatic imine (C=N–C) groups is 1. The minimum atomic E-state index is -4.49. The van der Waals surface area contributed by atoms with E-state index in [0.29, 0.717) is 17.9 Å². The van der Waals surface area contributed by atoms with Crippen LogP contribution < -0.4 is 9.64 Å². The first-order chi connectivity index (χ1) is 11.8. The zero-order valence-electron chi connectivity index (χ0n) is 14.0. The molecular weight excluding hydrogens is 333 g/mol. The molecule has 1 aromatic carbocycles. The molecule has 1 aromatic heterocycles. The summed E-state index contributed by atoms with van der Waals surface area (Å²) in [5.41, 5.74) is 1.78. The van der Waals surface area contributed by atoms with E-state index in [1.165, 1.54) is 13.2 Å². The first-order valence-electron chi connectivity index (χ1n) is 7.53. The number of aryl methyl sites for hydroxylation is 1. The Balaban J connectivity index is 1.93. The Morgan fingerprint density at radius 1 is 1.24 bits per heavy atom. The minimum absolute atomic E-state index is 0.203. The summed E-state index contributed by atoms with van der Waals surface area (Å²) in [5, 5.41) is 4.11. The van der Waals surface area contributed by atoms with E-state index < -0.39 is 11.7 Å². The SMILES string of the molecule is COc1ccc(C2=NCN(c3cnn(C)c3)C=C2C)cc1C(F)(F)F. The van der Waals surface area contributed by atoms with Gasteiger partial charge in [-0.1, -0.05) is 0 Å². The van der Waals surface area contributed by atoms with Crippen LogP contribution in [0, 0.1) is 0 Å². The molecule has 0 aliphatic carbocycles. The molecule has 0 amide bonds. The van der Waals surface area contributed by atoms with Gasteiger partial charge in [0.25, 0.3) is 0 Å². The molecule has 0 unspecified atom stereocenters. The number of benzene rings is 1. The number of hydrogen-bond donors (Lipinski definition) is 0. The first-order valence-corrected chi connectivity index (χ1v) is 7.53. The van der Waals surface area contributed by atoms with E-state index in [1.807, 2.05) is 31.3 Å². The molecule has 0 atom stereocenters. The highest BCUT2D eigenvalue weighted by Crippen LogP contribution is 2.37. The van der Waals surface area contributed by atoms with Gasteiger partial charge in [-0.3, -0.25) is 9.67 Å². The van der Waals surface area contributed by atoms with Gasteiger partial charge in [-0.25, -0.2) is 0 Å². The van der Waals surface area contributed by atoms with Crippen LogP contribution in [-0.2, 0) is 13.2 Å². The zero-order chi connectivity index (χ0) is 18.2. The number of methoxy groups -OCH3 is 1. The molecule has 0 spiro atoms. The predicted molar refractivity (Wildman–Crippen MR) is 88.8 cm³/mol. The minimum Gasteiger partial charge on any atom is -0.496 e. The lowest BCUT2D eigenvalue weighted by Crippen LogP contribution is -2.24. The third kappa shape index (κ3) is 3.38. The van der Waals surface area contributed by atoms with Crippen molar-refractivity contribution in [2.24, 2.45) is 12.0 Å². The van der Waals surface area contributed by atoms with Gasteiger partial charge >= 0.3 is 6.18 Å². The van der Waals surface area contributed by atoms with Crippen molar-refractivity contribution in [2.75, 3.05) is 18.7 Å². The number of aromatic nitrogens is 2. The monoisotopic (exact) mass is 350 g/mol. The van der Waals surface area contributed by atoms with Crippen molar-refractivity contribution in [3.8, 4) is 5.75 Å². The molecule has 2 aromatic rings. The van der Waals surface area contributed by atoms with Gasteiger partial charge in [-0.2, -0.15) is 18.3 Å². The van der Waals surface area contributed by atoms with Crippen LogP contribution >= 0.6 is 0 Å². The smallest absolute Gasteiger partial charge is 0.419 e. The van der Waals surface area contributed by atoms with E-state index >= 15 is 0 Å². The lowest BCUT2D eigenvalue weighted by molar-refractivity contribution is -0.138. The predicted octanol–water partition coefficient (Wildman–Crippen LogP) is 3.62. The number of nitrogens with zero attached hydrogens (tertiary/aromatic N) is 4. The van der Waals surface area contributed by atoms with Gasteiger partial charge in [0.15, 0.2) is 0 Å². The maximum atomic E-state index is 13.2. The van der Waals surface area contributed by atoms with Crippen LogP contribution in [0.3, 0.4) is 0 Å². The molecule has 3 rings (SSSR count). The van der Waals surface area contributed by atoms with Crippen molar-refractivity contribution in [1.82, 2.24) is 9.78 Å². The number of anilines is 1. The number of halogens is 3. The molecule has 8 heteroatoms. The highest BCUT2D eigenvalue weighted by molar-refractivity contribution is 6.13. The van der Waals surface area contributed by atoms with Crippen molar-refractivity contribution in [1.29, 1.82) is 0 Å². The Kier molecular flexibility index (Phi) is 4.28. The van der Waals surface area contributed by atoms with Crippen LogP contribution in [0.2, 0.25) is 0 Å². The summed E-state index contributed by atoms with van der Waals surface area (Å²) in [6.45, 7) is 2.13. The van der Waals surface area contributed by atoms with E-state index in [-0.39, 0.29) is 5.75 Å². The summed E-state index contributed by atoms with van der Waals surface area (Å²) in [5.74, 6) is -0.203. The maximum absolute atomic E-state index is 13.2. The third-order valence-electron chi connectivity index (χ3n) is 3.91. The molecule has 0 bridgehead atoms. The Labute approximate surface area is 143 Å². The summed E-state index contributed by atoms with van der Waals surface area (Å²) in [4.78, 5) is 6.34. The average molecular weight is 350 g/mol. The lowest BCUT2D eigenvalue weighted by atomic mass is 10.00. The van der Waals surface area contributed by atoms with Gasteiger partial charge in [-0.05, 0) is 30.7 Å². The van der Waals surface area contributed by atoms with Crippen molar-refractivity contribution in [2.45, 2.75) is 13.1 Å². The Morgan fingerprint density at radius 2 is 2.00 bits per heavy atom. The van der Waals surface area contributed by atoms with Gasteiger partial charge in [0.1, 0.15) is 12.4 Å². The number of hydrogen-bond acceptors (Lipinski definition) is 4. The molecule has 0 fully saturated rings. The van der Waals surface area contributed by atoms with Gasteiger partial charge in [0, 0.05) is 25.0 Å². The van der Waals surface area contributed by atoms with Gasteiger partial charge in [0.2, 0.25) is 0 Å². The van der Waals surface area contributed by atoms with E-state index in [4.69, 9.17) is 4.74 Å². The summed E-state index contributed by atoms with van der Waals surface area (Å²) in [6.07, 6.45) is 0.922. The molecule has 0 saturated heterocycles. The second kappa shape index (κ2) is 6.27. The van der Waals surface area contributed by atoms with E-state index in [1.54, 1.807) is 16.9 Å². The topological polar surface area (TPSA) is 42.6 Å². The van der Waals surface area contributed by atoms with Crippen LogP contribution in [0.15, 0.2) is 47.4 Å². The molecule has 1 aliphatic heterocycles. The van der Waals surface area contributed by atoms with Crippen LogP contribution in [0.4, 0.5) is 18.9 Å². The van der Waals surface area contributed by atoms with Crippen LogP contribution in [0.1, 0.15) is 18.1 Å². The normalized spacial score (nSPS) is 15.0. The van der Waals surface area contributed by atoms with Crippen LogP contribution in [0.5, 0.6) is 5.75 Å². The summed E-state index contributed by atoms with van der Waals surface area (Å²) < 4.78 is 46.1. The molecule has 0 radical (unpaired) electrons. The first kappa shape index (κ1) is 17.1. The van der Waals surface area contributed by atoms with Crippen molar-refractivity contribution < 1.29 is 17.9 Å². The zero-order valence-corrected chi connectivity index (χ0v) is 14.0. The molecule has 2 heterocycles. The Bertz CT molecular complexity index is 852. The Hall–Kier alpha value is -2.77. The summed E-state index contributed by atoms with van der Waals surface area (Å²) >= 11 is 0. The largest absolute Gasteiger partial charge is 0.496 e. The van der Waals surface area contributed by atoms with Crippen molar-refractivity contribution in [3.05, 3.63) is 53.5 Å². The maximum Gasteiger partial charge on any atom is 0.419 e. The van der Waals surface area contributed by atoms with Gasteiger partial charge < -0.3 is 9.64 Å². The van der Waals surface area contributed by atoms with Crippen LogP contribution in [0.25, 0.3) is 0 Å². The number of rotatable bonds is 3. The second-order valence-corrected chi connectivity index (χ2v) is 5.72. The molecule has 25 heavy (non-hydrogen) atoms. The van der Waals surface area contributed by atoms with Crippen molar-refractivity contribution >= 4 is 11.4 Å². The van der Waals surface area contributed by atoms with E-state index in [9.17, 15) is 13.2 Å². The molecule has 132 valence electrons. The summed E-state index contributed by atoms with van der Waals surface area (Å²) in [6, 6.07) is 3.99. The molecule has 1 aliphatic rings. The fourth-order valence-corrected chi connectivity index (χ4v) is 2.72. The standard InChI is InChI=1S/C17H17F3N4O/c1-11-8-24(13-7-22-23(2)9-13)10-21-16(11)12-4-5-15(25-3)14(6-12)17(18,19)20/h4-9H,10H2,1-3H3. The second-order valence-electron chi connectivity index (χ2n) is 5.72. The number of alkyl halides is 3. The Morgan fingerprint density at radius 3 is 2.56 bits per heavy atom. The highest BCUT2D eigenvalue weighted by atomic mass is 19.4. The van der Waals surface area contributed by atoms with E-state index in [0.717, 1.165) is 17.3 Å². The molecule has 5 nitrogen and oxygen atoms in total. The quantitative estimate of drug-likeness (QED) is 0.849. The average Bonchev–Trinajstić information content (AvgIpc) is 3.00. The van der Waals surface area contributed by atoms with E-state index in [2.05, 4.69) is 10.1 Å². The molecule has 0 N–H and O–H groups in total. The van der Waals surface area contributed by atoms with Crippen LogP contribution in [-0.4, -0.2) is 29.3 Å². The third-order valence-corrected chi connectivity index (χ3v) is 3.91. The number of allylic oxidation sites excluding steroid dienone is 1. The highest BCUT2D eigenvalue weighted by Gasteiger charge is 2.35. The van der Waals surface area contributed by atoms with Gasteiger partial charge in [0.05, 0.1) is 30.3 Å². The number of ether oxygens (including phenoxy) is 1. The van der Waals surface area contributed by atoms with Crippen molar-refractivity contribution in [3.63, 3.8) is 0 Å². The lowest BCUT2D eigenvalue weighted by Gasteiger charge is -2.24. The fraction of sp³-hybridized carbons (Fsp3) is 0.294. The van der Waals surface area contributed by atoms with Gasteiger partial charge in [-0.15, -0.1) is 0 Å². The summed E-state index contributed by atoms with van der Waals surface area (Å²) in [7, 11) is 3.04. The molecular formula is C17H17F3N4O.